The Morgan fingerprint density at radius 1 is 1.33 bits per heavy atom. The van der Waals surface area contributed by atoms with Gasteiger partial charge in [-0.2, -0.15) is 0 Å². The van der Waals surface area contributed by atoms with Crippen LogP contribution in [0.5, 0.6) is 0 Å². The normalized spacial score (nSPS) is 10.5. The van der Waals surface area contributed by atoms with Gasteiger partial charge in [0, 0.05) is 5.69 Å². The van der Waals surface area contributed by atoms with Gasteiger partial charge < -0.3 is 5.32 Å². The van der Waals surface area contributed by atoms with Crippen LogP contribution in [0.4, 0.5) is 5.69 Å². The van der Waals surface area contributed by atoms with Gasteiger partial charge in [0.25, 0.3) is 0 Å². The molecule has 1 aromatic rings. The van der Waals surface area contributed by atoms with E-state index in [1.807, 2.05) is 12.1 Å². The van der Waals surface area contributed by atoms with Gasteiger partial charge in [0.2, 0.25) is 5.91 Å². The Morgan fingerprint density at radius 2 is 2.00 bits per heavy atom. The van der Waals surface area contributed by atoms with E-state index in [2.05, 4.69) is 5.32 Å². The number of nitrogens with one attached hydrogen (secondary N) is 1. The van der Waals surface area contributed by atoms with Gasteiger partial charge in [0.1, 0.15) is 0 Å². The Morgan fingerprint density at radius 3 is 2.53 bits per heavy atom. The second-order valence-corrected chi connectivity index (χ2v) is 3.14. The maximum Gasteiger partial charge on any atom is 0.248 e. The minimum Gasteiger partial charge on any atom is -0.323 e. The van der Waals surface area contributed by atoms with Crippen molar-refractivity contribution in [1.29, 1.82) is 0 Å². The molecule has 0 saturated heterocycles. The van der Waals surface area contributed by atoms with Crippen LogP contribution in [0, 0.1) is 0 Å². The number of benzene rings is 1. The molecule has 3 heteroatoms. The average molecular weight is 204 g/mol. The highest BCUT2D eigenvalue weighted by Crippen LogP contribution is 2.09. The van der Waals surface area contributed by atoms with Crippen molar-refractivity contribution < 1.29 is 9.90 Å². The lowest BCUT2D eigenvalue weighted by Gasteiger charge is -2.03. The van der Waals surface area contributed by atoms with E-state index in [1.165, 1.54) is 6.08 Å². The summed E-state index contributed by atoms with van der Waals surface area (Å²) in [5.74, 6) is -0.144. The van der Waals surface area contributed by atoms with Gasteiger partial charge in [-0.1, -0.05) is 18.2 Å². The smallest absolute Gasteiger partial charge is 0.248 e. The summed E-state index contributed by atoms with van der Waals surface area (Å²) in [4.78, 5) is 11.2. The minimum atomic E-state index is -0.144. The predicted octanol–water partition coefficient (Wildman–Crippen LogP) is 2.17. The van der Waals surface area contributed by atoms with E-state index in [4.69, 9.17) is 0 Å². The molecule has 1 rings (SSSR count). The molecule has 1 amide bonds. The Labute approximate surface area is 89.4 Å². The van der Waals surface area contributed by atoms with Crippen LogP contribution in [0.25, 0.3) is 0 Å². The molecule has 1 N–H and O–H groups in total. The average Bonchev–Trinajstić information content (AvgIpc) is 2.22. The zero-order valence-corrected chi connectivity index (χ0v) is 8.69. The molecule has 15 heavy (non-hydrogen) atoms. The van der Waals surface area contributed by atoms with E-state index in [0.717, 1.165) is 11.3 Å². The molecule has 0 unspecified atom stereocenters. The number of rotatable bonds is 4. The Bertz CT molecular complexity index is 341. The number of anilines is 1. The fraction of sp³-hybridized carbons (Fsp3) is 0.250. The van der Waals surface area contributed by atoms with Crippen LogP contribution in [0.3, 0.4) is 0 Å². The monoisotopic (exact) mass is 204 g/mol. The lowest BCUT2D eigenvalue weighted by Crippen LogP contribution is -2.07. The van der Waals surface area contributed by atoms with Crippen molar-refractivity contribution >= 4 is 11.6 Å². The zero-order chi connectivity index (χ0) is 11.1. The summed E-state index contributed by atoms with van der Waals surface area (Å²) in [6.45, 7) is 1.68. The van der Waals surface area contributed by atoms with Gasteiger partial charge in [-0.15, -0.1) is 0 Å². The first-order chi connectivity index (χ1) is 7.26. The summed E-state index contributed by atoms with van der Waals surface area (Å²) in [6.07, 6.45) is 3.68. The molecule has 0 heterocycles. The molecular formula is C12H14NO2. The summed E-state index contributed by atoms with van der Waals surface area (Å²) in [5, 5.41) is 13.1. The molecule has 0 fully saturated rings. The minimum absolute atomic E-state index is 0.107. The SMILES string of the molecule is C/C=C/C(=O)Nc1ccc(CC[O])cc1. The van der Waals surface area contributed by atoms with Crippen molar-refractivity contribution in [3.8, 4) is 0 Å². The van der Waals surface area contributed by atoms with Crippen LogP contribution >= 0.6 is 0 Å². The van der Waals surface area contributed by atoms with E-state index < -0.39 is 0 Å². The third-order valence-corrected chi connectivity index (χ3v) is 1.93. The van der Waals surface area contributed by atoms with E-state index in [9.17, 15) is 9.90 Å². The summed E-state index contributed by atoms with van der Waals surface area (Å²) >= 11 is 0. The zero-order valence-electron chi connectivity index (χ0n) is 8.69. The maximum absolute atomic E-state index is 11.2. The molecular weight excluding hydrogens is 190 g/mol. The predicted molar refractivity (Wildman–Crippen MR) is 59.1 cm³/mol. The molecule has 0 aliphatic carbocycles. The largest absolute Gasteiger partial charge is 0.323 e. The van der Waals surface area contributed by atoms with Crippen molar-refractivity contribution in [3.05, 3.63) is 42.0 Å². The Balaban J connectivity index is 2.60. The summed E-state index contributed by atoms with van der Waals surface area (Å²) in [7, 11) is 0. The van der Waals surface area contributed by atoms with Crippen LogP contribution in [0.1, 0.15) is 12.5 Å². The molecule has 0 spiro atoms. The number of carbonyl (C=O) groups excluding carboxylic acids is 1. The third-order valence-electron chi connectivity index (χ3n) is 1.93. The van der Waals surface area contributed by atoms with Crippen LogP contribution < -0.4 is 5.32 Å². The van der Waals surface area contributed by atoms with E-state index in [0.29, 0.717) is 6.42 Å². The second-order valence-electron chi connectivity index (χ2n) is 3.14. The highest BCUT2D eigenvalue weighted by molar-refractivity contribution is 5.99. The van der Waals surface area contributed by atoms with Gasteiger partial charge in [-0.25, -0.2) is 5.11 Å². The van der Waals surface area contributed by atoms with Gasteiger partial charge in [-0.05, 0) is 37.1 Å². The molecule has 1 radical (unpaired) electrons. The van der Waals surface area contributed by atoms with Crippen LogP contribution in [0.15, 0.2) is 36.4 Å². The number of hydrogen-bond donors (Lipinski definition) is 1. The number of hydrogen-bond acceptors (Lipinski definition) is 1. The van der Waals surface area contributed by atoms with Crippen molar-refractivity contribution in [2.24, 2.45) is 0 Å². The third kappa shape index (κ3) is 3.95. The molecule has 3 nitrogen and oxygen atoms in total. The lowest BCUT2D eigenvalue weighted by molar-refractivity contribution is -0.111. The summed E-state index contributed by atoms with van der Waals surface area (Å²) in [5.41, 5.74) is 1.74. The molecule has 79 valence electrons. The van der Waals surface area contributed by atoms with Gasteiger partial charge in [0.15, 0.2) is 0 Å². The molecule has 0 aliphatic heterocycles. The van der Waals surface area contributed by atoms with Gasteiger partial charge >= 0.3 is 0 Å². The standard InChI is InChI=1S/C12H14NO2/c1-2-3-12(15)13-11-6-4-10(5-7-11)8-9-14/h2-7H,8-9H2,1H3,(H,13,15)/b3-2+. The number of carbonyl (C=O) groups is 1. The van der Waals surface area contributed by atoms with Gasteiger partial charge in [0.05, 0.1) is 6.61 Å². The summed E-state index contributed by atoms with van der Waals surface area (Å²) in [6, 6.07) is 7.30. The molecule has 1 aromatic carbocycles. The summed E-state index contributed by atoms with van der Waals surface area (Å²) < 4.78 is 0. The quantitative estimate of drug-likeness (QED) is 0.751. The fourth-order valence-corrected chi connectivity index (χ4v) is 1.21. The van der Waals surface area contributed by atoms with E-state index >= 15 is 0 Å². The van der Waals surface area contributed by atoms with Crippen LogP contribution in [-0.4, -0.2) is 12.5 Å². The topological polar surface area (TPSA) is 49.0 Å². The van der Waals surface area contributed by atoms with Crippen LogP contribution in [-0.2, 0) is 16.3 Å². The molecule has 0 bridgehead atoms. The molecule has 0 atom stereocenters. The fourth-order valence-electron chi connectivity index (χ4n) is 1.21. The van der Waals surface area contributed by atoms with Gasteiger partial charge in [-0.3, -0.25) is 4.79 Å². The first-order valence-corrected chi connectivity index (χ1v) is 4.87. The van der Waals surface area contributed by atoms with E-state index in [-0.39, 0.29) is 12.5 Å². The highest BCUT2D eigenvalue weighted by atomic mass is 16.2. The van der Waals surface area contributed by atoms with Crippen molar-refractivity contribution in [2.75, 3.05) is 11.9 Å². The Hall–Kier alpha value is -1.61. The molecule has 0 aromatic heterocycles. The van der Waals surface area contributed by atoms with Crippen molar-refractivity contribution in [2.45, 2.75) is 13.3 Å². The Kier molecular flexibility index (Phi) is 4.57. The highest BCUT2D eigenvalue weighted by Gasteiger charge is 1.97. The maximum atomic E-state index is 11.2. The second kappa shape index (κ2) is 5.98. The van der Waals surface area contributed by atoms with Crippen molar-refractivity contribution in [3.63, 3.8) is 0 Å². The van der Waals surface area contributed by atoms with Crippen molar-refractivity contribution in [1.82, 2.24) is 0 Å². The van der Waals surface area contributed by atoms with Crippen LogP contribution in [0.2, 0.25) is 0 Å². The van der Waals surface area contributed by atoms with E-state index in [1.54, 1.807) is 25.1 Å². The first kappa shape index (κ1) is 11.5. The number of allylic oxidation sites excluding steroid dienone is 1. The number of amides is 1. The lowest BCUT2D eigenvalue weighted by atomic mass is 10.1. The molecule has 0 aliphatic rings. The first-order valence-electron chi connectivity index (χ1n) is 4.87. The molecule has 0 saturated carbocycles.